The van der Waals surface area contributed by atoms with Crippen LogP contribution in [-0.4, -0.2) is 42.4 Å². The average Bonchev–Trinajstić information content (AvgIpc) is 3.00. The molecule has 0 bridgehead atoms. The SMILES string of the molecule is OCCCC1CCCN1CCOc1ccc2ccccc2c1. The van der Waals surface area contributed by atoms with Gasteiger partial charge in [-0.05, 0) is 55.1 Å². The predicted molar refractivity (Wildman–Crippen MR) is 90.4 cm³/mol. The van der Waals surface area contributed by atoms with E-state index in [4.69, 9.17) is 9.84 Å². The van der Waals surface area contributed by atoms with Gasteiger partial charge in [0.15, 0.2) is 0 Å². The van der Waals surface area contributed by atoms with Crippen LogP contribution in [-0.2, 0) is 0 Å². The van der Waals surface area contributed by atoms with Gasteiger partial charge in [-0.2, -0.15) is 0 Å². The van der Waals surface area contributed by atoms with Crippen molar-refractivity contribution in [3.8, 4) is 5.75 Å². The monoisotopic (exact) mass is 299 g/mol. The molecule has 0 saturated carbocycles. The largest absolute Gasteiger partial charge is 0.492 e. The lowest BCUT2D eigenvalue weighted by atomic mass is 10.1. The van der Waals surface area contributed by atoms with Gasteiger partial charge in [-0.25, -0.2) is 0 Å². The number of hydrogen-bond donors (Lipinski definition) is 1. The van der Waals surface area contributed by atoms with E-state index in [-0.39, 0.29) is 0 Å². The molecule has 0 amide bonds. The molecule has 1 N–H and O–H groups in total. The summed E-state index contributed by atoms with van der Waals surface area (Å²) in [6.07, 6.45) is 4.54. The fraction of sp³-hybridized carbons (Fsp3) is 0.474. The molecule has 0 radical (unpaired) electrons. The van der Waals surface area contributed by atoms with Gasteiger partial charge in [0.2, 0.25) is 0 Å². The molecule has 1 unspecified atom stereocenters. The highest BCUT2D eigenvalue weighted by molar-refractivity contribution is 5.83. The molecule has 1 saturated heterocycles. The van der Waals surface area contributed by atoms with E-state index in [0.717, 1.165) is 38.3 Å². The molecule has 3 heteroatoms. The molecule has 3 nitrogen and oxygen atoms in total. The van der Waals surface area contributed by atoms with Gasteiger partial charge in [0.05, 0.1) is 0 Å². The Kier molecular flexibility index (Phi) is 5.30. The maximum atomic E-state index is 8.98. The molecule has 0 spiro atoms. The smallest absolute Gasteiger partial charge is 0.120 e. The first-order valence-electron chi connectivity index (χ1n) is 8.33. The summed E-state index contributed by atoms with van der Waals surface area (Å²) in [4.78, 5) is 2.51. The van der Waals surface area contributed by atoms with E-state index >= 15 is 0 Å². The van der Waals surface area contributed by atoms with E-state index in [1.165, 1.54) is 23.6 Å². The van der Waals surface area contributed by atoms with Crippen molar-refractivity contribution in [3.05, 3.63) is 42.5 Å². The lowest BCUT2D eigenvalue weighted by Crippen LogP contribution is -2.33. The molecule has 0 aliphatic carbocycles. The van der Waals surface area contributed by atoms with Crippen LogP contribution in [0.4, 0.5) is 0 Å². The number of hydrogen-bond acceptors (Lipinski definition) is 3. The molecule has 1 aliphatic heterocycles. The van der Waals surface area contributed by atoms with Crippen molar-refractivity contribution in [3.63, 3.8) is 0 Å². The number of aliphatic hydroxyl groups excluding tert-OH is 1. The van der Waals surface area contributed by atoms with Crippen molar-refractivity contribution in [2.45, 2.75) is 31.7 Å². The van der Waals surface area contributed by atoms with Crippen molar-refractivity contribution in [1.29, 1.82) is 0 Å². The van der Waals surface area contributed by atoms with Crippen LogP contribution in [0.1, 0.15) is 25.7 Å². The summed E-state index contributed by atoms with van der Waals surface area (Å²) in [5, 5.41) is 11.5. The van der Waals surface area contributed by atoms with Crippen LogP contribution in [0.25, 0.3) is 10.8 Å². The maximum absolute atomic E-state index is 8.98. The zero-order valence-corrected chi connectivity index (χ0v) is 13.1. The van der Waals surface area contributed by atoms with E-state index < -0.39 is 0 Å². The minimum absolute atomic E-state index is 0.304. The average molecular weight is 299 g/mol. The lowest BCUT2D eigenvalue weighted by Gasteiger charge is -2.24. The number of likely N-dealkylation sites (tertiary alicyclic amines) is 1. The Hall–Kier alpha value is -1.58. The van der Waals surface area contributed by atoms with Crippen LogP contribution >= 0.6 is 0 Å². The summed E-state index contributed by atoms with van der Waals surface area (Å²) >= 11 is 0. The number of nitrogens with zero attached hydrogens (tertiary/aromatic N) is 1. The molecule has 22 heavy (non-hydrogen) atoms. The quantitative estimate of drug-likeness (QED) is 0.850. The second kappa shape index (κ2) is 7.61. The first-order valence-corrected chi connectivity index (χ1v) is 8.33. The molecule has 1 aliphatic rings. The summed E-state index contributed by atoms with van der Waals surface area (Å²) in [7, 11) is 0. The summed E-state index contributed by atoms with van der Waals surface area (Å²) in [6.45, 7) is 3.17. The maximum Gasteiger partial charge on any atom is 0.120 e. The summed E-state index contributed by atoms with van der Waals surface area (Å²) in [5.41, 5.74) is 0. The normalized spacial score (nSPS) is 18.9. The second-order valence-corrected chi connectivity index (χ2v) is 6.06. The lowest BCUT2D eigenvalue weighted by molar-refractivity contribution is 0.180. The summed E-state index contributed by atoms with van der Waals surface area (Å²) in [6, 6.07) is 15.3. The van der Waals surface area contributed by atoms with Gasteiger partial charge in [-0.3, -0.25) is 4.90 Å². The Morgan fingerprint density at radius 3 is 2.86 bits per heavy atom. The van der Waals surface area contributed by atoms with Crippen LogP contribution in [0, 0.1) is 0 Å². The Morgan fingerprint density at radius 1 is 1.14 bits per heavy atom. The molecule has 2 aromatic carbocycles. The highest BCUT2D eigenvalue weighted by atomic mass is 16.5. The van der Waals surface area contributed by atoms with Gasteiger partial charge in [0.25, 0.3) is 0 Å². The molecule has 0 aromatic heterocycles. The van der Waals surface area contributed by atoms with E-state index in [2.05, 4.69) is 47.4 Å². The van der Waals surface area contributed by atoms with Crippen LogP contribution < -0.4 is 4.74 Å². The number of aliphatic hydroxyl groups is 1. The van der Waals surface area contributed by atoms with Crippen molar-refractivity contribution in [2.24, 2.45) is 0 Å². The van der Waals surface area contributed by atoms with Gasteiger partial charge >= 0.3 is 0 Å². The molecule has 118 valence electrons. The first-order chi connectivity index (χ1) is 10.9. The zero-order chi connectivity index (χ0) is 15.2. The minimum atomic E-state index is 0.304. The van der Waals surface area contributed by atoms with Crippen molar-refractivity contribution in [1.82, 2.24) is 4.90 Å². The minimum Gasteiger partial charge on any atom is -0.492 e. The van der Waals surface area contributed by atoms with Gasteiger partial charge in [0, 0.05) is 19.2 Å². The van der Waals surface area contributed by atoms with Crippen LogP contribution in [0.15, 0.2) is 42.5 Å². The summed E-state index contributed by atoms with van der Waals surface area (Å²) in [5.74, 6) is 0.949. The fourth-order valence-corrected chi connectivity index (χ4v) is 3.38. The summed E-state index contributed by atoms with van der Waals surface area (Å²) < 4.78 is 5.94. The van der Waals surface area contributed by atoms with Crippen molar-refractivity contribution >= 4 is 10.8 Å². The zero-order valence-electron chi connectivity index (χ0n) is 13.1. The van der Waals surface area contributed by atoms with E-state index in [1.54, 1.807) is 0 Å². The van der Waals surface area contributed by atoms with Crippen molar-refractivity contribution < 1.29 is 9.84 Å². The third-order valence-electron chi connectivity index (χ3n) is 4.56. The van der Waals surface area contributed by atoms with E-state index in [0.29, 0.717) is 12.6 Å². The molecule has 1 atom stereocenters. The number of fused-ring (bicyclic) bond motifs is 1. The number of rotatable bonds is 7. The highest BCUT2D eigenvalue weighted by Crippen LogP contribution is 2.22. The predicted octanol–water partition coefficient (Wildman–Crippen LogP) is 3.46. The second-order valence-electron chi connectivity index (χ2n) is 6.06. The van der Waals surface area contributed by atoms with Crippen molar-refractivity contribution in [2.75, 3.05) is 26.3 Å². The van der Waals surface area contributed by atoms with E-state index in [1.807, 2.05) is 0 Å². The molecule has 3 rings (SSSR count). The topological polar surface area (TPSA) is 32.7 Å². The molecule has 2 aromatic rings. The van der Waals surface area contributed by atoms with Crippen LogP contribution in [0.3, 0.4) is 0 Å². The third-order valence-corrected chi connectivity index (χ3v) is 4.56. The first kappa shape index (κ1) is 15.3. The molecular formula is C19H25NO2. The van der Waals surface area contributed by atoms with Crippen LogP contribution in [0.2, 0.25) is 0 Å². The fourth-order valence-electron chi connectivity index (χ4n) is 3.38. The molecular weight excluding hydrogens is 274 g/mol. The van der Waals surface area contributed by atoms with Gasteiger partial charge in [0.1, 0.15) is 12.4 Å². The van der Waals surface area contributed by atoms with Gasteiger partial charge < -0.3 is 9.84 Å². The Bertz CT molecular complexity index is 599. The number of ether oxygens (including phenoxy) is 1. The van der Waals surface area contributed by atoms with Gasteiger partial charge in [-0.1, -0.05) is 30.3 Å². The van der Waals surface area contributed by atoms with Gasteiger partial charge in [-0.15, -0.1) is 0 Å². The Labute approximate surface area is 132 Å². The van der Waals surface area contributed by atoms with E-state index in [9.17, 15) is 0 Å². The molecule has 1 heterocycles. The Balaban J connectivity index is 1.51. The third kappa shape index (κ3) is 3.79. The van der Waals surface area contributed by atoms with Crippen LogP contribution in [0.5, 0.6) is 5.75 Å². The standard InChI is InChI=1S/C19H25NO2/c21-13-4-8-18-7-3-11-20(18)12-14-22-19-10-9-16-5-1-2-6-17(16)15-19/h1-2,5-6,9-10,15,18,21H,3-4,7-8,11-14H2. The molecule has 1 fully saturated rings. The number of benzene rings is 2. The Morgan fingerprint density at radius 2 is 2.00 bits per heavy atom. The highest BCUT2D eigenvalue weighted by Gasteiger charge is 2.23.